The van der Waals surface area contributed by atoms with Crippen molar-refractivity contribution in [3.8, 4) is 11.5 Å². The van der Waals surface area contributed by atoms with Gasteiger partial charge in [0.15, 0.2) is 11.5 Å². The number of phenols is 2. The highest BCUT2D eigenvalue weighted by Gasteiger charge is 2.05. The molecular weight excluding hydrogens is 254 g/mol. The molecule has 3 rings (SSSR count). The first kappa shape index (κ1) is 12.2. The number of benzene rings is 2. The van der Waals surface area contributed by atoms with Crippen LogP contribution in [0.1, 0.15) is 5.56 Å². The fraction of sp³-hybridized carbons (Fsp3) is 0.0667. The third kappa shape index (κ3) is 2.09. The molecule has 20 heavy (non-hydrogen) atoms. The Morgan fingerprint density at radius 1 is 1.10 bits per heavy atom. The largest absolute Gasteiger partial charge is 0.504 e. The Labute approximate surface area is 115 Å². The van der Waals surface area contributed by atoms with Crippen LogP contribution >= 0.6 is 0 Å². The summed E-state index contributed by atoms with van der Waals surface area (Å²) in [4.78, 5) is 8.74. The highest BCUT2D eigenvalue weighted by molar-refractivity contribution is 5.84. The Kier molecular flexibility index (Phi) is 2.87. The number of imidazole rings is 1. The molecule has 100 valence electrons. The number of rotatable bonds is 2. The first-order valence-corrected chi connectivity index (χ1v) is 6.12. The second-order valence-corrected chi connectivity index (χ2v) is 4.47. The molecule has 0 amide bonds. The van der Waals surface area contributed by atoms with Crippen LogP contribution in [0.25, 0.3) is 11.0 Å². The first-order chi connectivity index (χ1) is 9.65. The topological polar surface area (TPSA) is 70.6 Å². The lowest BCUT2D eigenvalue weighted by Crippen LogP contribution is -1.87. The van der Waals surface area contributed by atoms with Crippen molar-refractivity contribution in [2.75, 3.05) is 0 Å². The average Bonchev–Trinajstić information content (AvgIpc) is 2.77. The number of aliphatic imine (C=N–C) groups is 1. The average molecular weight is 267 g/mol. The van der Waals surface area contributed by atoms with Crippen LogP contribution in [-0.2, 0) is 7.05 Å². The maximum absolute atomic E-state index is 9.43. The van der Waals surface area contributed by atoms with Crippen LogP contribution < -0.4 is 0 Å². The molecule has 3 aromatic rings. The molecule has 0 radical (unpaired) electrons. The Morgan fingerprint density at radius 2 is 1.90 bits per heavy atom. The molecule has 5 nitrogen and oxygen atoms in total. The van der Waals surface area contributed by atoms with Gasteiger partial charge in [-0.1, -0.05) is 12.1 Å². The minimum atomic E-state index is -0.168. The molecule has 1 aromatic heterocycles. The van der Waals surface area contributed by atoms with E-state index in [2.05, 4.69) is 9.98 Å². The van der Waals surface area contributed by atoms with E-state index in [1.165, 1.54) is 12.1 Å². The fourth-order valence-electron chi connectivity index (χ4n) is 2.00. The Balaban J connectivity index is 1.98. The second-order valence-electron chi connectivity index (χ2n) is 4.47. The number of aromatic nitrogens is 2. The van der Waals surface area contributed by atoms with E-state index in [0.717, 1.165) is 11.0 Å². The molecule has 0 aliphatic rings. The fourth-order valence-corrected chi connectivity index (χ4v) is 2.00. The molecule has 0 saturated heterocycles. The van der Waals surface area contributed by atoms with Gasteiger partial charge < -0.3 is 14.8 Å². The molecule has 0 bridgehead atoms. The third-order valence-corrected chi connectivity index (χ3v) is 3.09. The van der Waals surface area contributed by atoms with Gasteiger partial charge in [0, 0.05) is 13.3 Å². The van der Waals surface area contributed by atoms with Crippen LogP contribution in [0.5, 0.6) is 11.5 Å². The number of hydrogen-bond donors (Lipinski definition) is 2. The zero-order chi connectivity index (χ0) is 14.1. The van der Waals surface area contributed by atoms with Gasteiger partial charge in [0.2, 0.25) is 5.95 Å². The van der Waals surface area contributed by atoms with E-state index < -0.39 is 0 Å². The van der Waals surface area contributed by atoms with Crippen molar-refractivity contribution in [2.24, 2.45) is 12.0 Å². The lowest BCUT2D eigenvalue weighted by Gasteiger charge is -1.98. The van der Waals surface area contributed by atoms with E-state index in [4.69, 9.17) is 0 Å². The van der Waals surface area contributed by atoms with Crippen LogP contribution in [0.3, 0.4) is 0 Å². The summed E-state index contributed by atoms with van der Waals surface area (Å²) in [6.07, 6.45) is 1.60. The quantitative estimate of drug-likeness (QED) is 0.554. The predicted octanol–water partition coefficient (Wildman–Crippen LogP) is 2.74. The maximum atomic E-state index is 9.43. The number of para-hydroxylation sites is 2. The molecule has 0 atom stereocenters. The lowest BCUT2D eigenvalue weighted by atomic mass is 10.2. The maximum Gasteiger partial charge on any atom is 0.230 e. The van der Waals surface area contributed by atoms with Gasteiger partial charge in [-0.2, -0.15) is 0 Å². The SMILES string of the molecule is Cn1c(N=Cc2ccc(O)c(O)c2)nc2ccccc21. The van der Waals surface area contributed by atoms with E-state index in [1.54, 1.807) is 12.3 Å². The van der Waals surface area contributed by atoms with Crippen molar-refractivity contribution in [3.05, 3.63) is 48.0 Å². The van der Waals surface area contributed by atoms with E-state index in [9.17, 15) is 10.2 Å². The second kappa shape index (κ2) is 4.70. The van der Waals surface area contributed by atoms with Gasteiger partial charge >= 0.3 is 0 Å². The molecule has 2 N–H and O–H groups in total. The molecular formula is C15H13N3O2. The summed E-state index contributed by atoms with van der Waals surface area (Å²) in [6.45, 7) is 0. The summed E-state index contributed by atoms with van der Waals surface area (Å²) < 4.78 is 1.89. The summed E-state index contributed by atoms with van der Waals surface area (Å²) in [7, 11) is 1.90. The van der Waals surface area contributed by atoms with Crippen LogP contribution in [0.2, 0.25) is 0 Å². The number of phenolic OH excluding ortho intramolecular Hbond substituents is 2. The molecule has 0 saturated carbocycles. The van der Waals surface area contributed by atoms with Crippen LogP contribution in [0.15, 0.2) is 47.5 Å². The van der Waals surface area contributed by atoms with Gasteiger partial charge in [0.1, 0.15) is 0 Å². The normalized spacial score (nSPS) is 11.4. The summed E-state index contributed by atoms with van der Waals surface area (Å²) in [6, 6.07) is 12.3. The molecule has 0 aliphatic heterocycles. The number of aryl methyl sites for hydroxylation is 1. The van der Waals surface area contributed by atoms with E-state index in [-0.39, 0.29) is 11.5 Å². The Bertz CT molecular complexity index is 806. The number of hydrogen-bond acceptors (Lipinski definition) is 4. The predicted molar refractivity (Wildman–Crippen MR) is 77.7 cm³/mol. The van der Waals surface area contributed by atoms with Crippen molar-refractivity contribution >= 4 is 23.2 Å². The lowest BCUT2D eigenvalue weighted by molar-refractivity contribution is 0.403. The van der Waals surface area contributed by atoms with Crippen molar-refractivity contribution in [3.63, 3.8) is 0 Å². The molecule has 0 spiro atoms. The monoisotopic (exact) mass is 267 g/mol. The third-order valence-electron chi connectivity index (χ3n) is 3.09. The van der Waals surface area contributed by atoms with Crippen molar-refractivity contribution in [1.82, 2.24) is 9.55 Å². The van der Waals surface area contributed by atoms with Gasteiger partial charge in [0.25, 0.3) is 0 Å². The van der Waals surface area contributed by atoms with E-state index in [1.807, 2.05) is 35.9 Å². The van der Waals surface area contributed by atoms with Crippen molar-refractivity contribution < 1.29 is 10.2 Å². The van der Waals surface area contributed by atoms with Gasteiger partial charge in [-0.3, -0.25) is 0 Å². The summed E-state index contributed by atoms with van der Waals surface area (Å²) in [5, 5.41) is 18.7. The minimum Gasteiger partial charge on any atom is -0.504 e. The van der Waals surface area contributed by atoms with Crippen LogP contribution in [0, 0.1) is 0 Å². The molecule has 0 fully saturated rings. The Hall–Kier alpha value is -2.82. The smallest absolute Gasteiger partial charge is 0.230 e. The first-order valence-electron chi connectivity index (χ1n) is 6.12. The van der Waals surface area contributed by atoms with Gasteiger partial charge in [-0.05, 0) is 35.9 Å². The van der Waals surface area contributed by atoms with Crippen molar-refractivity contribution in [2.45, 2.75) is 0 Å². The Morgan fingerprint density at radius 3 is 2.65 bits per heavy atom. The van der Waals surface area contributed by atoms with Gasteiger partial charge in [0.05, 0.1) is 11.0 Å². The minimum absolute atomic E-state index is 0.148. The van der Waals surface area contributed by atoms with E-state index in [0.29, 0.717) is 11.5 Å². The highest BCUT2D eigenvalue weighted by atomic mass is 16.3. The van der Waals surface area contributed by atoms with Crippen molar-refractivity contribution in [1.29, 1.82) is 0 Å². The summed E-state index contributed by atoms with van der Waals surface area (Å²) in [5.74, 6) is 0.266. The summed E-state index contributed by atoms with van der Waals surface area (Å²) in [5.41, 5.74) is 2.58. The molecule has 2 aromatic carbocycles. The van der Waals surface area contributed by atoms with Gasteiger partial charge in [-0.15, -0.1) is 0 Å². The van der Waals surface area contributed by atoms with Gasteiger partial charge in [-0.25, -0.2) is 9.98 Å². The van der Waals surface area contributed by atoms with E-state index >= 15 is 0 Å². The molecule has 0 unspecified atom stereocenters. The number of fused-ring (bicyclic) bond motifs is 1. The molecule has 0 aliphatic carbocycles. The molecule has 1 heterocycles. The number of nitrogens with zero attached hydrogens (tertiary/aromatic N) is 3. The zero-order valence-electron chi connectivity index (χ0n) is 10.9. The van der Waals surface area contributed by atoms with Crippen LogP contribution in [0.4, 0.5) is 5.95 Å². The standard InChI is InChI=1S/C15H13N3O2/c1-18-12-5-3-2-4-11(12)17-15(18)16-9-10-6-7-13(19)14(20)8-10/h2-9,19-20H,1H3. The van der Waals surface area contributed by atoms with Crippen LogP contribution in [-0.4, -0.2) is 26.0 Å². The summed E-state index contributed by atoms with van der Waals surface area (Å²) >= 11 is 0. The molecule has 5 heteroatoms. The zero-order valence-corrected chi connectivity index (χ0v) is 10.9. The number of aromatic hydroxyl groups is 2. The highest BCUT2D eigenvalue weighted by Crippen LogP contribution is 2.25.